The monoisotopic (exact) mass is 316 g/mol. The summed E-state index contributed by atoms with van der Waals surface area (Å²) in [4.78, 5) is 15.7. The molecule has 23 heavy (non-hydrogen) atoms. The Labute approximate surface area is 135 Å². The first-order valence-electron chi connectivity index (χ1n) is 7.70. The lowest BCUT2D eigenvalue weighted by molar-refractivity contribution is -0.276. The first-order valence-corrected chi connectivity index (χ1v) is 7.70. The topological polar surface area (TPSA) is 79.2 Å². The third kappa shape index (κ3) is 3.90. The van der Waals surface area contributed by atoms with Crippen LogP contribution < -0.4 is 16.1 Å². The molecular weight excluding hydrogens is 294 g/mol. The predicted molar refractivity (Wildman–Crippen MR) is 88.1 cm³/mol. The first kappa shape index (κ1) is 17.0. The van der Waals surface area contributed by atoms with Crippen molar-refractivity contribution in [1.29, 1.82) is 0 Å². The number of aryl methyl sites for hydroxylation is 2. The Bertz CT molecular complexity index is 733. The van der Waals surface area contributed by atoms with Crippen LogP contribution in [0.15, 0.2) is 23.0 Å². The van der Waals surface area contributed by atoms with E-state index in [0.29, 0.717) is 24.4 Å². The van der Waals surface area contributed by atoms with Crippen molar-refractivity contribution in [2.45, 2.75) is 40.8 Å². The van der Waals surface area contributed by atoms with Gasteiger partial charge in [0.1, 0.15) is 12.5 Å². The summed E-state index contributed by atoms with van der Waals surface area (Å²) < 4.78 is 6.71. The highest BCUT2D eigenvalue weighted by Crippen LogP contribution is 2.25. The van der Waals surface area contributed by atoms with Crippen molar-refractivity contribution in [2.75, 3.05) is 11.9 Å². The molecule has 2 rings (SSSR count). The van der Waals surface area contributed by atoms with Crippen LogP contribution in [0.1, 0.15) is 30.5 Å². The number of rotatable bonds is 6. The van der Waals surface area contributed by atoms with Crippen molar-refractivity contribution >= 4 is 11.5 Å². The van der Waals surface area contributed by atoms with Crippen LogP contribution in [0.2, 0.25) is 0 Å². The minimum Gasteiger partial charge on any atom is -0.858 e. The van der Waals surface area contributed by atoms with Crippen molar-refractivity contribution in [3.63, 3.8) is 0 Å². The molecule has 0 aliphatic rings. The average Bonchev–Trinajstić information content (AvgIpc) is 2.46. The molecule has 0 saturated heterocycles. The van der Waals surface area contributed by atoms with Crippen LogP contribution in [0, 0.1) is 13.8 Å². The van der Waals surface area contributed by atoms with E-state index in [1.807, 2.05) is 39.8 Å². The van der Waals surface area contributed by atoms with E-state index in [2.05, 4.69) is 16.4 Å². The van der Waals surface area contributed by atoms with Gasteiger partial charge in [0.05, 0.1) is 0 Å². The Hall–Kier alpha value is -2.34. The lowest BCUT2D eigenvalue weighted by Gasteiger charge is -2.22. The molecule has 0 aliphatic heterocycles. The lowest BCUT2D eigenvalue weighted by atomic mass is 10.1. The molecule has 0 fully saturated rings. The van der Waals surface area contributed by atoms with E-state index in [9.17, 15) is 9.90 Å². The summed E-state index contributed by atoms with van der Waals surface area (Å²) in [5.41, 5.74) is 2.89. The molecule has 6 nitrogen and oxygen atoms in total. The van der Waals surface area contributed by atoms with Gasteiger partial charge >= 0.3 is 5.69 Å². The van der Waals surface area contributed by atoms with Crippen LogP contribution in [0.3, 0.4) is 0 Å². The summed E-state index contributed by atoms with van der Waals surface area (Å²) in [6, 6.07) is 5.99. The average molecular weight is 316 g/mol. The molecule has 1 N–H and O–H groups in total. The van der Waals surface area contributed by atoms with Crippen LogP contribution in [-0.4, -0.2) is 16.2 Å². The zero-order valence-corrected chi connectivity index (χ0v) is 14.0. The van der Waals surface area contributed by atoms with Crippen molar-refractivity contribution in [1.82, 2.24) is 9.55 Å². The predicted octanol–water partition coefficient (Wildman–Crippen LogP) is 2.23. The smallest absolute Gasteiger partial charge is 0.350 e. The van der Waals surface area contributed by atoms with Gasteiger partial charge in [-0.3, -0.25) is 4.57 Å². The van der Waals surface area contributed by atoms with E-state index in [0.717, 1.165) is 16.8 Å². The van der Waals surface area contributed by atoms with Crippen LogP contribution in [0.4, 0.5) is 11.5 Å². The number of nitrogens with one attached hydrogen (secondary N) is 1. The third-order valence-electron chi connectivity index (χ3n) is 3.50. The summed E-state index contributed by atoms with van der Waals surface area (Å²) in [5, 5.41) is 15.2. The number of hydrogen-bond acceptors (Lipinski definition) is 5. The van der Waals surface area contributed by atoms with Crippen LogP contribution in [-0.2, 0) is 17.9 Å². The molecular formula is C17H22N3O3-. The Morgan fingerprint density at radius 3 is 2.43 bits per heavy atom. The lowest BCUT2D eigenvalue weighted by Crippen LogP contribution is -2.29. The maximum atomic E-state index is 12.1. The summed E-state index contributed by atoms with van der Waals surface area (Å²) in [6.07, 6.45) is 0.478. The largest absolute Gasteiger partial charge is 0.858 e. The number of aromatic nitrogens is 2. The van der Waals surface area contributed by atoms with Gasteiger partial charge in [-0.25, -0.2) is 9.78 Å². The second-order valence-corrected chi connectivity index (χ2v) is 5.43. The maximum Gasteiger partial charge on any atom is 0.350 e. The summed E-state index contributed by atoms with van der Waals surface area (Å²) in [5.74, 6) is -0.0342. The SMILES string of the molecule is CCOCn1c(Nc2cc(C)cc(C)c2)c(CC)c([O-])nc1=O. The molecule has 0 bridgehead atoms. The second kappa shape index (κ2) is 7.28. The maximum absolute atomic E-state index is 12.1. The molecule has 6 heteroatoms. The molecule has 0 atom stereocenters. The van der Waals surface area contributed by atoms with Gasteiger partial charge in [0.15, 0.2) is 0 Å². The second-order valence-electron chi connectivity index (χ2n) is 5.43. The van der Waals surface area contributed by atoms with Gasteiger partial charge in [0, 0.05) is 17.9 Å². The van der Waals surface area contributed by atoms with Crippen LogP contribution in [0.25, 0.3) is 0 Å². The minimum absolute atomic E-state index is 0.0583. The summed E-state index contributed by atoms with van der Waals surface area (Å²) >= 11 is 0. The fraction of sp³-hybridized carbons (Fsp3) is 0.412. The Morgan fingerprint density at radius 2 is 1.87 bits per heavy atom. The van der Waals surface area contributed by atoms with E-state index in [1.54, 1.807) is 0 Å². The van der Waals surface area contributed by atoms with Crippen molar-refractivity contribution < 1.29 is 9.84 Å². The normalized spacial score (nSPS) is 10.8. The van der Waals surface area contributed by atoms with Gasteiger partial charge in [-0.1, -0.05) is 13.0 Å². The van der Waals surface area contributed by atoms with Crippen molar-refractivity contribution in [3.05, 3.63) is 45.4 Å². The van der Waals surface area contributed by atoms with E-state index in [-0.39, 0.29) is 6.73 Å². The number of benzene rings is 1. The van der Waals surface area contributed by atoms with Gasteiger partial charge in [-0.2, -0.15) is 0 Å². The van der Waals surface area contributed by atoms with Crippen LogP contribution >= 0.6 is 0 Å². The molecule has 0 aliphatic carbocycles. The zero-order chi connectivity index (χ0) is 17.0. The van der Waals surface area contributed by atoms with Crippen LogP contribution in [0.5, 0.6) is 5.88 Å². The summed E-state index contributed by atoms with van der Waals surface area (Å²) in [6.45, 7) is 8.23. The highest BCUT2D eigenvalue weighted by atomic mass is 16.5. The summed E-state index contributed by atoms with van der Waals surface area (Å²) in [7, 11) is 0. The van der Waals surface area contributed by atoms with E-state index < -0.39 is 11.6 Å². The number of nitrogens with zero attached hydrogens (tertiary/aromatic N) is 2. The highest BCUT2D eigenvalue weighted by Gasteiger charge is 2.12. The van der Waals surface area contributed by atoms with Crippen molar-refractivity contribution in [2.24, 2.45) is 0 Å². The molecule has 2 aromatic rings. The number of anilines is 2. The first-order chi connectivity index (χ1) is 11.0. The van der Waals surface area contributed by atoms with E-state index in [1.165, 1.54) is 4.57 Å². The van der Waals surface area contributed by atoms with Crippen molar-refractivity contribution in [3.8, 4) is 5.88 Å². The molecule has 1 aromatic heterocycles. The molecule has 124 valence electrons. The van der Waals surface area contributed by atoms with E-state index >= 15 is 0 Å². The Kier molecular flexibility index (Phi) is 5.39. The fourth-order valence-corrected chi connectivity index (χ4v) is 2.52. The molecule has 0 radical (unpaired) electrons. The standard InChI is InChI=1S/C17H23N3O3/c1-5-14-15(18-13-8-11(3)7-12(4)9-13)20(10-23-6-2)17(22)19-16(14)21/h7-9,18H,5-6,10H2,1-4H3,(H,19,21,22)/p-1. The third-order valence-corrected chi connectivity index (χ3v) is 3.50. The van der Waals surface area contributed by atoms with Gasteiger partial charge in [0.25, 0.3) is 0 Å². The highest BCUT2D eigenvalue weighted by molar-refractivity contribution is 5.62. The molecule has 1 heterocycles. The van der Waals surface area contributed by atoms with Gasteiger partial charge in [0.2, 0.25) is 0 Å². The number of ether oxygens (including phenoxy) is 1. The van der Waals surface area contributed by atoms with Gasteiger partial charge in [-0.05, 0) is 56.3 Å². The molecule has 0 saturated carbocycles. The molecule has 0 unspecified atom stereocenters. The molecule has 1 aromatic carbocycles. The van der Waals surface area contributed by atoms with Gasteiger partial charge < -0.3 is 15.2 Å². The molecule has 0 spiro atoms. The molecule has 0 amide bonds. The number of hydrogen-bond donors (Lipinski definition) is 1. The minimum atomic E-state index is -0.604. The Balaban J connectivity index is 2.55. The quantitative estimate of drug-likeness (QED) is 0.884. The van der Waals surface area contributed by atoms with E-state index in [4.69, 9.17) is 4.74 Å². The fourth-order valence-electron chi connectivity index (χ4n) is 2.52. The zero-order valence-electron chi connectivity index (χ0n) is 14.0. The Morgan fingerprint density at radius 1 is 1.22 bits per heavy atom. The van der Waals surface area contributed by atoms with Gasteiger partial charge in [-0.15, -0.1) is 0 Å².